The molecule has 24 heavy (non-hydrogen) atoms. The Kier molecular flexibility index (Phi) is 5.70. The third-order valence-corrected chi connectivity index (χ3v) is 3.77. The summed E-state index contributed by atoms with van der Waals surface area (Å²) in [7, 11) is 0. The molecule has 1 saturated heterocycles. The van der Waals surface area contributed by atoms with E-state index in [-0.39, 0.29) is 11.6 Å². The van der Waals surface area contributed by atoms with Gasteiger partial charge >= 0.3 is 0 Å². The van der Waals surface area contributed by atoms with Crippen molar-refractivity contribution in [3.8, 4) is 0 Å². The van der Waals surface area contributed by atoms with Gasteiger partial charge in [-0.25, -0.2) is 0 Å². The largest absolute Gasteiger partial charge is 0.379 e. The molecule has 1 aliphatic heterocycles. The lowest BCUT2D eigenvalue weighted by Gasteiger charge is -2.26. The number of aromatic nitrogens is 2. The molecule has 0 saturated carbocycles. The molecule has 1 aromatic heterocycles. The highest BCUT2D eigenvalue weighted by Gasteiger charge is 2.10. The number of para-hydroxylation sites is 1. The van der Waals surface area contributed by atoms with Crippen LogP contribution in [-0.2, 0) is 4.74 Å². The summed E-state index contributed by atoms with van der Waals surface area (Å²) in [6.07, 6.45) is 0. The number of benzene rings is 1. The molecule has 1 fully saturated rings. The average Bonchev–Trinajstić information content (AvgIpc) is 2.64. The molecule has 0 radical (unpaired) electrons. The zero-order valence-electron chi connectivity index (χ0n) is 13.4. The Morgan fingerprint density at radius 2 is 1.88 bits per heavy atom. The number of hydrogen-bond acceptors (Lipinski definition) is 6. The topological polar surface area (TPSA) is 79.4 Å². The molecule has 7 heteroatoms. The molecular formula is C17H21N5O2. The molecule has 0 atom stereocenters. The van der Waals surface area contributed by atoms with Crippen LogP contribution in [0, 0.1) is 0 Å². The predicted octanol–water partition coefficient (Wildman–Crippen LogP) is 1.47. The van der Waals surface area contributed by atoms with Gasteiger partial charge in [0.05, 0.1) is 13.2 Å². The summed E-state index contributed by atoms with van der Waals surface area (Å²) >= 11 is 0. The van der Waals surface area contributed by atoms with Crippen LogP contribution in [0.1, 0.15) is 10.5 Å². The van der Waals surface area contributed by atoms with Crippen LogP contribution in [0.3, 0.4) is 0 Å². The van der Waals surface area contributed by atoms with Crippen molar-refractivity contribution in [3.05, 3.63) is 48.2 Å². The first kappa shape index (κ1) is 16.4. The fourth-order valence-electron chi connectivity index (χ4n) is 2.43. The lowest BCUT2D eigenvalue weighted by Crippen LogP contribution is -2.39. The SMILES string of the molecule is O=C(Nc1ccccc1)c1ccc(NCCN2CCOCC2)nn1. The van der Waals surface area contributed by atoms with Crippen molar-refractivity contribution in [2.24, 2.45) is 0 Å². The summed E-state index contributed by atoms with van der Waals surface area (Å²) in [6, 6.07) is 12.7. The van der Waals surface area contributed by atoms with Crippen molar-refractivity contribution in [2.75, 3.05) is 50.0 Å². The lowest BCUT2D eigenvalue weighted by atomic mass is 10.3. The normalized spacial score (nSPS) is 15.0. The molecule has 0 spiro atoms. The van der Waals surface area contributed by atoms with Gasteiger partial charge in [-0.15, -0.1) is 10.2 Å². The van der Waals surface area contributed by atoms with Gasteiger partial charge in [0.2, 0.25) is 0 Å². The number of hydrogen-bond donors (Lipinski definition) is 2. The van der Waals surface area contributed by atoms with Crippen LogP contribution in [0.4, 0.5) is 11.5 Å². The second-order valence-electron chi connectivity index (χ2n) is 5.50. The molecule has 0 unspecified atom stereocenters. The first-order valence-electron chi connectivity index (χ1n) is 8.05. The van der Waals surface area contributed by atoms with Crippen LogP contribution in [0.2, 0.25) is 0 Å². The number of rotatable bonds is 6. The van der Waals surface area contributed by atoms with E-state index in [2.05, 4.69) is 25.7 Å². The minimum absolute atomic E-state index is 0.270. The van der Waals surface area contributed by atoms with Crippen molar-refractivity contribution >= 4 is 17.4 Å². The summed E-state index contributed by atoms with van der Waals surface area (Å²) in [5.74, 6) is 0.396. The highest BCUT2D eigenvalue weighted by atomic mass is 16.5. The third-order valence-electron chi connectivity index (χ3n) is 3.77. The second kappa shape index (κ2) is 8.37. The maximum atomic E-state index is 12.1. The van der Waals surface area contributed by atoms with Gasteiger partial charge in [-0.1, -0.05) is 18.2 Å². The number of carbonyl (C=O) groups excluding carboxylic acids is 1. The minimum Gasteiger partial charge on any atom is -0.379 e. The Morgan fingerprint density at radius 1 is 1.08 bits per heavy atom. The first-order valence-corrected chi connectivity index (χ1v) is 8.05. The van der Waals surface area contributed by atoms with Crippen molar-refractivity contribution in [3.63, 3.8) is 0 Å². The van der Waals surface area contributed by atoms with Gasteiger partial charge in [-0.2, -0.15) is 0 Å². The van der Waals surface area contributed by atoms with E-state index in [1.54, 1.807) is 12.1 Å². The zero-order chi connectivity index (χ0) is 16.6. The maximum Gasteiger partial charge on any atom is 0.276 e. The number of morpholine rings is 1. The van der Waals surface area contributed by atoms with Crippen LogP contribution in [0.5, 0.6) is 0 Å². The predicted molar refractivity (Wildman–Crippen MR) is 92.2 cm³/mol. The fraction of sp³-hybridized carbons (Fsp3) is 0.353. The smallest absolute Gasteiger partial charge is 0.276 e. The summed E-state index contributed by atoms with van der Waals surface area (Å²) < 4.78 is 5.32. The summed E-state index contributed by atoms with van der Waals surface area (Å²) in [6.45, 7) is 5.24. The van der Waals surface area contributed by atoms with Gasteiger partial charge in [0, 0.05) is 31.9 Å². The summed E-state index contributed by atoms with van der Waals surface area (Å²) in [5.41, 5.74) is 1.02. The molecule has 1 aliphatic rings. The van der Waals surface area contributed by atoms with Gasteiger partial charge in [-0.3, -0.25) is 9.69 Å². The van der Waals surface area contributed by atoms with Gasteiger partial charge in [0.1, 0.15) is 5.82 Å². The first-order chi connectivity index (χ1) is 11.8. The summed E-state index contributed by atoms with van der Waals surface area (Å²) in [5, 5.41) is 14.0. The summed E-state index contributed by atoms with van der Waals surface area (Å²) in [4.78, 5) is 14.4. The molecule has 2 heterocycles. The molecule has 1 amide bonds. The van der Waals surface area contributed by atoms with E-state index in [4.69, 9.17) is 4.74 Å². The molecular weight excluding hydrogens is 306 g/mol. The number of carbonyl (C=O) groups is 1. The lowest BCUT2D eigenvalue weighted by molar-refractivity contribution is 0.0398. The number of ether oxygens (including phenoxy) is 1. The molecule has 0 aliphatic carbocycles. The van der Waals surface area contributed by atoms with E-state index in [1.165, 1.54) is 0 Å². The standard InChI is InChI=1S/C17H21N5O2/c23-17(19-14-4-2-1-3-5-14)15-6-7-16(21-20-15)18-8-9-22-10-12-24-13-11-22/h1-7H,8-13H2,(H,18,21)(H,19,23). The van der Waals surface area contributed by atoms with Crippen molar-refractivity contribution in [2.45, 2.75) is 0 Å². The monoisotopic (exact) mass is 327 g/mol. The maximum absolute atomic E-state index is 12.1. The van der Waals surface area contributed by atoms with Gasteiger partial charge in [0.25, 0.3) is 5.91 Å². The van der Waals surface area contributed by atoms with E-state index in [1.807, 2.05) is 30.3 Å². The Hall–Kier alpha value is -2.51. The van der Waals surface area contributed by atoms with Crippen molar-refractivity contribution < 1.29 is 9.53 Å². The van der Waals surface area contributed by atoms with E-state index in [0.717, 1.165) is 45.1 Å². The van der Waals surface area contributed by atoms with E-state index in [9.17, 15) is 4.79 Å². The molecule has 1 aromatic carbocycles. The Labute approximate surface area is 141 Å². The fourth-order valence-corrected chi connectivity index (χ4v) is 2.43. The number of nitrogens with one attached hydrogen (secondary N) is 2. The van der Waals surface area contributed by atoms with E-state index < -0.39 is 0 Å². The Bertz CT molecular complexity index is 642. The van der Waals surface area contributed by atoms with Gasteiger partial charge in [0.15, 0.2) is 5.69 Å². The van der Waals surface area contributed by atoms with E-state index >= 15 is 0 Å². The second-order valence-corrected chi connectivity index (χ2v) is 5.50. The van der Waals surface area contributed by atoms with Crippen LogP contribution in [-0.4, -0.2) is 60.4 Å². The third kappa shape index (κ3) is 4.74. The van der Waals surface area contributed by atoms with Crippen LogP contribution >= 0.6 is 0 Å². The molecule has 7 nitrogen and oxygen atoms in total. The van der Waals surface area contributed by atoms with Gasteiger partial charge in [-0.05, 0) is 24.3 Å². The molecule has 2 aromatic rings. The Morgan fingerprint density at radius 3 is 2.58 bits per heavy atom. The van der Waals surface area contributed by atoms with Crippen LogP contribution in [0.25, 0.3) is 0 Å². The van der Waals surface area contributed by atoms with Crippen molar-refractivity contribution in [1.29, 1.82) is 0 Å². The highest BCUT2D eigenvalue weighted by molar-refractivity contribution is 6.02. The van der Waals surface area contributed by atoms with E-state index in [0.29, 0.717) is 5.82 Å². The minimum atomic E-state index is -0.270. The van der Waals surface area contributed by atoms with Crippen LogP contribution < -0.4 is 10.6 Å². The molecule has 126 valence electrons. The highest BCUT2D eigenvalue weighted by Crippen LogP contribution is 2.08. The van der Waals surface area contributed by atoms with Crippen molar-refractivity contribution in [1.82, 2.24) is 15.1 Å². The molecule has 3 rings (SSSR count). The number of amides is 1. The molecule has 0 bridgehead atoms. The number of nitrogens with zero attached hydrogens (tertiary/aromatic N) is 3. The zero-order valence-corrected chi connectivity index (χ0v) is 13.4. The average molecular weight is 327 g/mol. The quantitative estimate of drug-likeness (QED) is 0.836. The molecule has 2 N–H and O–H groups in total. The van der Waals surface area contributed by atoms with Crippen LogP contribution in [0.15, 0.2) is 42.5 Å². The van der Waals surface area contributed by atoms with Gasteiger partial charge < -0.3 is 15.4 Å². The Balaban J connectivity index is 1.47. The number of anilines is 2.